The van der Waals surface area contributed by atoms with Crippen LogP contribution in [0.15, 0.2) is 18.2 Å². The van der Waals surface area contributed by atoms with Crippen LogP contribution in [0.2, 0.25) is 0 Å². The summed E-state index contributed by atoms with van der Waals surface area (Å²) in [5.74, 6) is -0.146. The molecule has 0 amide bonds. The highest BCUT2D eigenvalue weighted by atomic mass is 19.1. The average molecular weight is 152 g/mol. The first-order valence-corrected chi connectivity index (χ1v) is 3.65. The zero-order chi connectivity index (χ0) is 7.84. The maximum absolute atomic E-state index is 13.1. The van der Waals surface area contributed by atoms with Gasteiger partial charge in [-0.05, 0) is 18.6 Å². The number of hydrogen-bond acceptors (Lipinski definition) is 1. The molecule has 0 radical (unpaired) electrons. The quantitative estimate of drug-likeness (QED) is 0.562. The molecule has 2 rings (SSSR count). The van der Waals surface area contributed by atoms with Crippen molar-refractivity contribution in [3.8, 4) is 0 Å². The summed E-state index contributed by atoms with van der Waals surface area (Å²) in [6.45, 7) is 2.57. The lowest BCUT2D eigenvalue weighted by Crippen LogP contribution is -1.91. The van der Waals surface area contributed by atoms with E-state index in [0.29, 0.717) is 6.61 Å². The van der Waals surface area contributed by atoms with E-state index in [0.717, 1.165) is 11.1 Å². The summed E-state index contributed by atoms with van der Waals surface area (Å²) in [6.07, 6.45) is 0.0243. The Morgan fingerprint density at radius 1 is 1.55 bits per heavy atom. The minimum atomic E-state index is -0.146. The molecule has 1 aliphatic heterocycles. The van der Waals surface area contributed by atoms with Crippen LogP contribution in [0.4, 0.5) is 4.39 Å². The smallest absolute Gasteiger partial charge is 0.129 e. The molecule has 0 spiro atoms. The van der Waals surface area contributed by atoms with Crippen molar-refractivity contribution in [3.63, 3.8) is 0 Å². The van der Waals surface area contributed by atoms with Crippen LogP contribution in [-0.2, 0) is 4.74 Å². The molecule has 1 aromatic rings. The van der Waals surface area contributed by atoms with Crippen LogP contribution in [0, 0.1) is 12.7 Å². The number of hydrogen-bond donors (Lipinski definition) is 0. The Morgan fingerprint density at radius 2 is 2.27 bits per heavy atom. The van der Waals surface area contributed by atoms with E-state index in [9.17, 15) is 4.39 Å². The molecule has 1 saturated heterocycles. The molecule has 1 nitrogen and oxygen atoms in total. The van der Waals surface area contributed by atoms with Crippen molar-refractivity contribution < 1.29 is 9.13 Å². The van der Waals surface area contributed by atoms with Gasteiger partial charge in [0.1, 0.15) is 11.9 Å². The standard InChI is InChI=1S/C9H9FO/c1-6-3-2-4-7(10)9(6)8-5-11-8/h2-4,8H,5H2,1H3/t8-/m0/s1. The zero-order valence-corrected chi connectivity index (χ0v) is 6.30. The van der Waals surface area contributed by atoms with Crippen molar-refractivity contribution in [2.24, 2.45) is 0 Å². The molecule has 0 bridgehead atoms. The second kappa shape index (κ2) is 2.31. The van der Waals surface area contributed by atoms with Crippen LogP contribution >= 0.6 is 0 Å². The Kier molecular flexibility index (Phi) is 1.43. The minimum Gasteiger partial charge on any atom is -0.368 e. The van der Waals surface area contributed by atoms with Crippen LogP contribution < -0.4 is 0 Å². The number of rotatable bonds is 1. The van der Waals surface area contributed by atoms with Gasteiger partial charge in [0.25, 0.3) is 0 Å². The lowest BCUT2D eigenvalue weighted by Gasteiger charge is -2.01. The SMILES string of the molecule is Cc1cccc(F)c1[C@@H]1CO1. The normalized spacial score (nSPS) is 21.8. The van der Waals surface area contributed by atoms with Gasteiger partial charge in [-0.25, -0.2) is 4.39 Å². The Hall–Kier alpha value is -0.890. The minimum absolute atomic E-state index is 0.0243. The fourth-order valence-electron chi connectivity index (χ4n) is 1.27. The molecule has 58 valence electrons. The molecule has 11 heavy (non-hydrogen) atoms. The molecule has 0 N–H and O–H groups in total. The average Bonchev–Trinajstić information content (AvgIpc) is 2.70. The fraction of sp³-hybridized carbons (Fsp3) is 0.333. The maximum Gasteiger partial charge on any atom is 0.129 e. The van der Waals surface area contributed by atoms with Gasteiger partial charge in [-0.2, -0.15) is 0 Å². The van der Waals surface area contributed by atoms with E-state index >= 15 is 0 Å². The number of epoxide rings is 1. The van der Waals surface area contributed by atoms with E-state index in [1.807, 2.05) is 13.0 Å². The lowest BCUT2D eigenvalue weighted by atomic mass is 10.1. The molecule has 1 heterocycles. The van der Waals surface area contributed by atoms with Crippen molar-refractivity contribution >= 4 is 0 Å². The van der Waals surface area contributed by atoms with Crippen molar-refractivity contribution in [3.05, 3.63) is 35.1 Å². The summed E-state index contributed by atoms with van der Waals surface area (Å²) < 4.78 is 18.1. The van der Waals surface area contributed by atoms with E-state index in [1.54, 1.807) is 6.07 Å². The van der Waals surface area contributed by atoms with Crippen LogP contribution in [0.5, 0.6) is 0 Å². The highest BCUT2D eigenvalue weighted by molar-refractivity contribution is 5.31. The first kappa shape index (κ1) is 6.80. The first-order valence-electron chi connectivity index (χ1n) is 3.65. The van der Waals surface area contributed by atoms with Gasteiger partial charge >= 0.3 is 0 Å². The number of benzene rings is 1. The Balaban J connectivity index is 2.48. The van der Waals surface area contributed by atoms with E-state index in [-0.39, 0.29) is 11.9 Å². The Labute approximate surface area is 64.8 Å². The second-order valence-corrected chi connectivity index (χ2v) is 2.79. The predicted molar refractivity (Wildman–Crippen MR) is 39.8 cm³/mol. The third-order valence-corrected chi connectivity index (χ3v) is 1.93. The Morgan fingerprint density at radius 3 is 2.82 bits per heavy atom. The summed E-state index contributed by atoms with van der Waals surface area (Å²) in [5.41, 5.74) is 1.71. The number of halogens is 1. The molecule has 1 aliphatic rings. The Bertz CT molecular complexity index is 259. The van der Waals surface area contributed by atoms with Gasteiger partial charge in [0.15, 0.2) is 0 Å². The fourth-order valence-corrected chi connectivity index (χ4v) is 1.27. The third-order valence-electron chi connectivity index (χ3n) is 1.93. The molecule has 0 unspecified atom stereocenters. The van der Waals surface area contributed by atoms with E-state index in [2.05, 4.69) is 0 Å². The second-order valence-electron chi connectivity index (χ2n) is 2.79. The highest BCUT2D eigenvalue weighted by Gasteiger charge is 2.28. The molecule has 0 saturated carbocycles. The van der Waals surface area contributed by atoms with Gasteiger partial charge in [0.2, 0.25) is 0 Å². The van der Waals surface area contributed by atoms with Gasteiger partial charge in [-0.3, -0.25) is 0 Å². The first-order chi connectivity index (χ1) is 5.29. The van der Waals surface area contributed by atoms with Crippen molar-refractivity contribution in [1.29, 1.82) is 0 Å². The third kappa shape index (κ3) is 1.14. The number of aryl methyl sites for hydroxylation is 1. The van der Waals surface area contributed by atoms with Crippen molar-refractivity contribution in [2.45, 2.75) is 13.0 Å². The van der Waals surface area contributed by atoms with Gasteiger partial charge in [0, 0.05) is 5.56 Å². The van der Waals surface area contributed by atoms with Crippen LogP contribution in [-0.4, -0.2) is 6.61 Å². The van der Waals surface area contributed by atoms with E-state index in [4.69, 9.17) is 4.74 Å². The summed E-state index contributed by atoms with van der Waals surface area (Å²) in [6, 6.07) is 5.10. The van der Waals surface area contributed by atoms with Gasteiger partial charge < -0.3 is 4.74 Å². The summed E-state index contributed by atoms with van der Waals surface area (Å²) in [4.78, 5) is 0. The molecule has 2 heteroatoms. The van der Waals surface area contributed by atoms with Gasteiger partial charge in [-0.15, -0.1) is 0 Å². The van der Waals surface area contributed by atoms with Crippen LogP contribution in [0.1, 0.15) is 17.2 Å². The molecule has 1 atom stereocenters. The predicted octanol–water partition coefficient (Wildman–Crippen LogP) is 2.21. The van der Waals surface area contributed by atoms with Gasteiger partial charge in [0.05, 0.1) is 6.61 Å². The van der Waals surface area contributed by atoms with Crippen LogP contribution in [0.25, 0.3) is 0 Å². The lowest BCUT2D eigenvalue weighted by molar-refractivity contribution is 0.407. The van der Waals surface area contributed by atoms with E-state index in [1.165, 1.54) is 6.07 Å². The molecular weight excluding hydrogens is 143 g/mol. The monoisotopic (exact) mass is 152 g/mol. The number of ether oxygens (including phenoxy) is 1. The molecule has 1 fully saturated rings. The summed E-state index contributed by atoms with van der Waals surface area (Å²) in [7, 11) is 0. The van der Waals surface area contributed by atoms with Gasteiger partial charge in [-0.1, -0.05) is 12.1 Å². The van der Waals surface area contributed by atoms with Crippen molar-refractivity contribution in [2.75, 3.05) is 6.61 Å². The van der Waals surface area contributed by atoms with Crippen molar-refractivity contribution in [1.82, 2.24) is 0 Å². The topological polar surface area (TPSA) is 12.5 Å². The zero-order valence-electron chi connectivity index (χ0n) is 6.30. The van der Waals surface area contributed by atoms with Crippen LogP contribution in [0.3, 0.4) is 0 Å². The molecular formula is C9H9FO. The molecule has 0 aromatic heterocycles. The molecule has 0 aliphatic carbocycles. The summed E-state index contributed by atoms with van der Waals surface area (Å²) in [5, 5.41) is 0. The largest absolute Gasteiger partial charge is 0.368 e. The molecule has 1 aromatic carbocycles. The maximum atomic E-state index is 13.1. The van der Waals surface area contributed by atoms with E-state index < -0.39 is 0 Å². The highest BCUT2D eigenvalue weighted by Crippen LogP contribution is 2.33. The summed E-state index contributed by atoms with van der Waals surface area (Å²) >= 11 is 0.